The number of urea groups is 1. The molecule has 4 nitrogen and oxygen atoms in total. The first-order chi connectivity index (χ1) is 9.86. The highest BCUT2D eigenvalue weighted by atomic mass is 35.5. The van der Waals surface area contributed by atoms with Crippen molar-refractivity contribution in [2.45, 2.75) is 0 Å². The van der Waals surface area contributed by atoms with E-state index in [9.17, 15) is 4.79 Å². The Morgan fingerprint density at radius 3 is 2.14 bits per heavy atom. The number of nitrogens with two attached hydrogens (primary N) is 1. The zero-order chi connectivity index (χ0) is 15.6. The van der Waals surface area contributed by atoms with E-state index in [2.05, 4.69) is 5.32 Å². The van der Waals surface area contributed by atoms with Crippen molar-refractivity contribution >= 4 is 58.1 Å². The van der Waals surface area contributed by atoms with Gasteiger partial charge in [0.25, 0.3) is 0 Å². The summed E-state index contributed by atoms with van der Waals surface area (Å²) >= 11 is 24.0. The molecule has 0 spiro atoms. The first-order valence-corrected chi connectivity index (χ1v) is 7.06. The number of rotatable bonds is 3. The Morgan fingerprint density at radius 2 is 1.62 bits per heavy atom. The molecule has 2 amide bonds. The minimum atomic E-state index is -0.725. The molecular formula is C13H8Cl4N2O2. The average molecular weight is 366 g/mol. The molecule has 0 aromatic heterocycles. The van der Waals surface area contributed by atoms with E-state index in [0.29, 0.717) is 21.5 Å². The fourth-order valence-electron chi connectivity index (χ4n) is 1.54. The first kappa shape index (κ1) is 16.0. The SMILES string of the molecule is NC(=O)Nc1cc(Cl)c(Oc2ccc(Cl)cc2Cl)c(Cl)c1. The Kier molecular flexibility index (Phi) is 5.06. The molecule has 0 bridgehead atoms. The number of hydrogen-bond donors (Lipinski definition) is 2. The van der Waals surface area contributed by atoms with Gasteiger partial charge in [0.1, 0.15) is 5.75 Å². The number of nitrogens with one attached hydrogen (secondary N) is 1. The maximum absolute atomic E-state index is 10.8. The van der Waals surface area contributed by atoms with Crippen molar-refractivity contribution in [2.75, 3.05) is 5.32 Å². The summed E-state index contributed by atoms with van der Waals surface area (Å²) in [5.74, 6) is 0.554. The third-order valence-corrected chi connectivity index (χ3v) is 3.46. The van der Waals surface area contributed by atoms with Crippen LogP contribution in [0.15, 0.2) is 30.3 Å². The highest BCUT2D eigenvalue weighted by molar-refractivity contribution is 6.38. The maximum Gasteiger partial charge on any atom is 0.316 e. The summed E-state index contributed by atoms with van der Waals surface area (Å²) in [6.07, 6.45) is 0. The van der Waals surface area contributed by atoms with Gasteiger partial charge in [-0.05, 0) is 30.3 Å². The lowest BCUT2D eigenvalue weighted by Gasteiger charge is -2.12. The normalized spacial score (nSPS) is 10.3. The van der Waals surface area contributed by atoms with E-state index in [-0.39, 0.29) is 15.8 Å². The molecule has 21 heavy (non-hydrogen) atoms. The highest BCUT2D eigenvalue weighted by Crippen LogP contribution is 2.41. The summed E-state index contributed by atoms with van der Waals surface area (Å²) < 4.78 is 5.59. The van der Waals surface area contributed by atoms with E-state index in [1.54, 1.807) is 12.1 Å². The van der Waals surface area contributed by atoms with Gasteiger partial charge in [-0.25, -0.2) is 4.79 Å². The van der Waals surface area contributed by atoms with Crippen LogP contribution >= 0.6 is 46.4 Å². The molecule has 3 N–H and O–H groups in total. The quantitative estimate of drug-likeness (QED) is 0.745. The summed E-state index contributed by atoms with van der Waals surface area (Å²) in [6, 6.07) is 6.93. The lowest BCUT2D eigenvalue weighted by atomic mass is 10.3. The monoisotopic (exact) mass is 364 g/mol. The van der Waals surface area contributed by atoms with Crippen LogP contribution in [0.1, 0.15) is 0 Å². The summed E-state index contributed by atoms with van der Waals surface area (Å²) in [5, 5.41) is 3.54. The van der Waals surface area contributed by atoms with E-state index in [0.717, 1.165) is 0 Å². The predicted molar refractivity (Wildman–Crippen MR) is 86.2 cm³/mol. The molecule has 2 rings (SSSR count). The Hall–Kier alpha value is -1.33. The first-order valence-electron chi connectivity index (χ1n) is 5.55. The van der Waals surface area contributed by atoms with Gasteiger partial charge in [-0.2, -0.15) is 0 Å². The van der Waals surface area contributed by atoms with Crippen molar-refractivity contribution in [1.29, 1.82) is 0 Å². The summed E-state index contributed by atoms with van der Waals surface area (Å²) in [7, 11) is 0. The molecule has 0 atom stereocenters. The van der Waals surface area contributed by atoms with Crippen LogP contribution in [0.5, 0.6) is 11.5 Å². The fourth-order valence-corrected chi connectivity index (χ4v) is 2.55. The Bertz CT molecular complexity index is 684. The van der Waals surface area contributed by atoms with Crippen LogP contribution in [-0.4, -0.2) is 6.03 Å². The van der Waals surface area contributed by atoms with Gasteiger partial charge >= 0.3 is 6.03 Å². The van der Waals surface area contributed by atoms with Crippen LogP contribution in [0.25, 0.3) is 0 Å². The maximum atomic E-state index is 10.8. The van der Waals surface area contributed by atoms with Gasteiger partial charge in [-0.1, -0.05) is 46.4 Å². The van der Waals surface area contributed by atoms with Gasteiger partial charge in [-0.3, -0.25) is 0 Å². The lowest BCUT2D eigenvalue weighted by molar-refractivity contribution is 0.259. The fraction of sp³-hybridized carbons (Fsp3) is 0. The van der Waals surface area contributed by atoms with Crippen LogP contribution in [0.4, 0.5) is 10.5 Å². The molecule has 0 radical (unpaired) electrons. The van der Waals surface area contributed by atoms with Crippen molar-refractivity contribution in [2.24, 2.45) is 5.73 Å². The molecule has 0 unspecified atom stereocenters. The van der Waals surface area contributed by atoms with Gasteiger partial charge in [0, 0.05) is 10.7 Å². The van der Waals surface area contributed by atoms with E-state index < -0.39 is 6.03 Å². The topological polar surface area (TPSA) is 64.4 Å². The van der Waals surface area contributed by atoms with Crippen molar-refractivity contribution in [3.63, 3.8) is 0 Å². The molecule has 2 aromatic rings. The molecule has 0 aliphatic rings. The van der Waals surface area contributed by atoms with Crippen LogP contribution in [0, 0.1) is 0 Å². The number of halogens is 4. The van der Waals surface area contributed by atoms with Crippen LogP contribution < -0.4 is 15.8 Å². The number of carbonyl (C=O) groups excluding carboxylic acids is 1. The predicted octanol–water partition coefficient (Wildman–Crippen LogP) is 5.58. The van der Waals surface area contributed by atoms with Crippen molar-refractivity contribution in [1.82, 2.24) is 0 Å². The number of amides is 2. The zero-order valence-corrected chi connectivity index (χ0v) is 13.3. The summed E-state index contributed by atoms with van der Waals surface area (Å²) in [4.78, 5) is 10.8. The lowest BCUT2D eigenvalue weighted by Crippen LogP contribution is -2.19. The number of carbonyl (C=O) groups is 1. The van der Waals surface area contributed by atoms with E-state index in [1.807, 2.05) is 0 Å². The molecule has 0 aliphatic heterocycles. The molecule has 8 heteroatoms. The number of ether oxygens (including phenoxy) is 1. The van der Waals surface area contributed by atoms with Gasteiger partial charge in [-0.15, -0.1) is 0 Å². The second kappa shape index (κ2) is 6.62. The number of hydrogen-bond acceptors (Lipinski definition) is 2. The van der Waals surface area contributed by atoms with Crippen LogP contribution in [0.3, 0.4) is 0 Å². The molecule has 110 valence electrons. The number of benzene rings is 2. The number of primary amides is 1. The summed E-state index contributed by atoms with van der Waals surface area (Å²) in [6.45, 7) is 0. The highest BCUT2D eigenvalue weighted by Gasteiger charge is 2.13. The van der Waals surface area contributed by atoms with Crippen LogP contribution in [-0.2, 0) is 0 Å². The molecular weight excluding hydrogens is 358 g/mol. The van der Waals surface area contributed by atoms with Gasteiger partial charge in [0.2, 0.25) is 0 Å². The largest absolute Gasteiger partial charge is 0.453 e. The van der Waals surface area contributed by atoms with Gasteiger partial charge in [0.15, 0.2) is 5.75 Å². The molecule has 0 saturated carbocycles. The number of anilines is 1. The van der Waals surface area contributed by atoms with Crippen molar-refractivity contribution < 1.29 is 9.53 Å². The Morgan fingerprint density at radius 1 is 1.00 bits per heavy atom. The van der Waals surface area contributed by atoms with Gasteiger partial charge in [0.05, 0.1) is 15.1 Å². The molecule has 0 heterocycles. The molecule has 2 aromatic carbocycles. The summed E-state index contributed by atoms with van der Waals surface area (Å²) in [5.41, 5.74) is 5.38. The standard InChI is InChI=1S/C13H8Cl4N2O2/c14-6-1-2-11(8(15)3-6)21-12-9(16)4-7(5-10(12)17)19-13(18)20/h1-5H,(H3,18,19,20). The smallest absolute Gasteiger partial charge is 0.316 e. The molecule has 0 fully saturated rings. The van der Waals surface area contributed by atoms with Crippen LogP contribution in [0.2, 0.25) is 20.1 Å². The van der Waals surface area contributed by atoms with Crippen molar-refractivity contribution in [3.8, 4) is 11.5 Å². The molecule has 0 aliphatic carbocycles. The average Bonchev–Trinajstić information content (AvgIpc) is 2.35. The van der Waals surface area contributed by atoms with Gasteiger partial charge < -0.3 is 15.8 Å². The minimum absolute atomic E-state index is 0.192. The third-order valence-electron chi connectivity index (χ3n) is 2.37. The van der Waals surface area contributed by atoms with E-state index in [4.69, 9.17) is 56.9 Å². The second-order valence-corrected chi connectivity index (χ2v) is 5.59. The minimum Gasteiger partial charge on any atom is -0.453 e. The second-order valence-electron chi connectivity index (χ2n) is 3.94. The molecule has 0 saturated heterocycles. The Balaban J connectivity index is 2.34. The van der Waals surface area contributed by atoms with Crippen molar-refractivity contribution in [3.05, 3.63) is 50.4 Å². The zero-order valence-electron chi connectivity index (χ0n) is 10.3. The van der Waals surface area contributed by atoms with E-state index >= 15 is 0 Å². The Labute approximate surface area is 140 Å². The van der Waals surface area contributed by atoms with E-state index in [1.165, 1.54) is 18.2 Å². The third kappa shape index (κ3) is 4.08.